The summed E-state index contributed by atoms with van der Waals surface area (Å²) < 4.78 is 12.3. The van der Waals surface area contributed by atoms with Gasteiger partial charge in [0, 0.05) is 12.7 Å². The van der Waals surface area contributed by atoms with Crippen molar-refractivity contribution in [3.8, 4) is 0 Å². The number of anilines is 1. The highest BCUT2D eigenvalue weighted by atomic mass is 19.1. The average Bonchev–Trinajstić information content (AvgIpc) is 2.01. The lowest BCUT2D eigenvalue weighted by Crippen LogP contribution is -2.03. The Morgan fingerprint density at radius 1 is 1.64 bits per heavy atom. The smallest absolute Gasteiger partial charge is 0.310 e. The van der Waals surface area contributed by atoms with Crippen molar-refractivity contribution >= 4 is 5.82 Å². The Labute approximate surface area is 64.7 Å². The lowest BCUT2D eigenvalue weighted by molar-refractivity contribution is 0.540. The van der Waals surface area contributed by atoms with Crippen LogP contribution in [0.4, 0.5) is 10.2 Å². The molecule has 1 N–H and O–H groups in total. The SMILES string of the molecule is CCCNc1ccnc(F)n1. The van der Waals surface area contributed by atoms with Crippen LogP contribution in [0.3, 0.4) is 0 Å². The summed E-state index contributed by atoms with van der Waals surface area (Å²) in [6.45, 7) is 2.83. The van der Waals surface area contributed by atoms with E-state index < -0.39 is 6.08 Å². The molecule has 0 amide bonds. The van der Waals surface area contributed by atoms with Crippen LogP contribution in [-0.4, -0.2) is 16.5 Å². The molecular formula is C7H10FN3. The van der Waals surface area contributed by atoms with Crippen LogP contribution < -0.4 is 5.32 Å². The Hall–Kier alpha value is -1.19. The molecule has 0 spiro atoms. The van der Waals surface area contributed by atoms with Crippen molar-refractivity contribution in [2.24, 2.45) is 0 Å². The predicted molar refractivity (Wildman–Crippen MR) is 40.8 cm³/mol. The second-order valence-corrected chi connectivity index (χ2v) is 2.14. The molecule has 1 heterocycles. The molecule has 0 radical (unpaired) electrons. The van der Waals surface area contributed by atoms with Crippen LogP contribution in [0.1, 0.15) is 13.3 Å². The summed E-state index contributed by atoms with van der Waals surface area (Å²) in [5.74, 6) is 0.541. The number of aromatic nitrogens is 2. The lowest BCUT2D eigenvalue weighted by Gasteiger charge is -2.00. The molecule has 0 fully saturated rings. The van der Waals surface area contributed by atoms with Gasteiger partial charge in [0.05, 0.1) is 0 Å². The summed E-state index contributed by atoms with van der Waals surface area (Å²) in [4.78, 5) is 6.85. The van der Waals surface area contributed by atoms with Crippen molar-refractivity contribution in [2.45, 2.75) is 13.3 Å². The number of hydrogen-bond acceptors (Lipinski definition) is 3. The molecule has 1 aromatic heterocycles. The first kappa shape index (κ1) is 7.91. The molecule has 4 heteroatoms. The zero-order valence-electron chi connectivity index (χ0n) is 6.34. The van der Waals surface area contributed by atoms with Gasteiger partial charge in [0.2, 0.25) is 0 Å². The van der Waals surface area contributed by atoms with Crippen LogP contribution in [0.5, 0.6) is 0 Å². The first-order valence-corrected chi connectivity index (χ1v) is 3.55. The van der Waals surface area contributed by atoms with E-state index in [-0.39, 0.29) is 0 Å². The summed E-state index contributed by atoms with van der Waals surface area (Å²) in [6.07, 6.45) is 1.69. The molecule has 1 aromatic rings. The van der Waals surface area contributed by atoms with Gasteiger partial charge >= 0.3 is 6.08 Å². The summed E-state index contributed by atoms with van der Waals surface area (Å²) in [6, 6.07) is 1.64. The first-order valence-electron chi connectivity index (χ1n) is 3.55. The van der Waals surface area contributed by atoms with Gasteiger partial charge in [0.25, 0.3) is 0 Å². The van der Waals surface area contributed by atoms with Gasteiger partial charge in [-0.3, -0.25) is 0 Å². The number of nitrogens with zero attached hydrogens (tertiary/aromatic N) is 2. The quantitative estimate of drug-likeness (QED) is 0.671. The van der Waals surface area contributed by atoms with Gasteiger partial charge in [0.15, 0.2) is 0 Å². The number of nitrogens with one attached hydrogen (secondary N) is 1. The second kappa shape index (κ2) is 3.85. The maximum Gasteiger partial charge on any atom is 0.310 e. The molecule has 0 aliphatic heterocycles. The minimum absolute atomic E-state index is 0.541. The Bertz CT molecular complexity index is 227. The largest absolute Gasteiger partial charge is 0.370 e. The van der Waals surface area contributed by atoms with Gasteiger partial charge in [-0.1, -0.05) is 6.92 Å². The van der Waals surface area contributed by atoms with Crippen molar-refractivity contribution in [2.75, 3.05) is 11.9 Å². The highest BCUT2D eigenvalue weighted by molar-refractivity contribution is 5.31. The molecule has 0 aliphatic carbocycles. The van der Waals surface area contributed by atoms with E-state index in [1.54, 1.807) is 6.07 Å². The predicted octanol–water partition coefficient (Wildman–Crippen LogP) is 1.44. The molecular weight excluding hydrogens is 145 g/mol. The van der Waals surface area contributed by atoms with E-state index in [0.29, 0.717) is 5.82 Å². The summed E-state index contributed by atoms with van der Waals surface area (Å²) >= 11 is 0. The van der Waals surface area contributed by atoms with E-state index in [0.717, 1.165) is 13.0 Å². The first-order chi connectivity index (χ1) is 5.33. The van der Waals surface area contributed by atoms with E-state index in [1.807, 2.05) is 6.92 Å². The maximum absolute atomic E-state index is 12.3. The number of hydrogen-bond donors (Lipinski definition) is 1. The van der Waals surface area contributed by atoms with Gasteiger partial charge < -0.3 is 5.32 Å². The minimum atomic E-state index is -0.689. The Kier molecular flexibility index (Phi) is 2.77. The zero-order chi connectivity index (χ0) is 8.10. The third-order valence-corrected chi connectivity index (χ3v) is 1.18. The summed E-state index contributed by atoms with van der Waals surface area (Å²) in [7, 11) is 0. The van der Waals surface area contributed by atoms with Gasteiger partial charge in [0.1, 0.15) is 5.82 Å². The fourth-order valence-electron chi connectivity index (χ4n) is 0.686. The van der Waals surface area contributed by atoms with Crippen LogP contribution in [0.15, 0.2) is 12.3 Å². The molecule has 11 heavy (non-hydrogen) atoms. The Morgan fingerprint density at radius 3 is 3.09 bits per heavy atom. The molecule has 0 aromatic carbocycles. The Balaban J connectivity index is 2.56. The fraction of sp³-hybridized carbons (Fsp3) is 0.429. The van der Waals surface area contributed by atoms with E-state index in [9.17, 15) is 4.39 Å². The van der Waals surface area contributed by atoms with Gasteiger partial charge in [-0.05, 0) is 12.5 Å². The number of rotatable bonds is 3. The van der Waals surface area contributed by atoms with Crippen molar-refractivity contribution in [3.05, 3.63) is 18.3 Å². The molecule has 60 valence electrons. The van der Waals surface area contributed by atoms with E-state index in [1.165, 1.54) is 6.20 Å². The maximum atomic E-state index is 12.3. The van der Waals surface area contributed by atoms with Gasteiger partial charge in [-0.2, -0.15) is 9.37 Å². The van der Waals surface area contributed by atoms with Crippen LogP contribution in [0, 0.1) is 6.08 Å². The van der Waals surface area contributed by atoms with E-state index >= 15 is 0 Å². The molecule has 0 atom stereocenters. The van der Waals surface area contributed by atoms with Crippen molar-refractivity contribution in [3.63, 3.8) is 0 Å². The average molecular weight is 155 g/mol. The highest BCUT2D eigenvalue weighted by Gasteiger charge is 1.94. The third-order valence-electron chi connectivity index (χ3n) is 1.18. The fourth-order valence-corrected chi connectivity index (χ4v) is 0.686. The van der Waals surface area contributed by atoms with Crippen LogP contribution in [-0.2, 0) is 0 Å². The van der Waals surface area contributed by atoms with Crippen LogP contribution in [0.2, 0.25) is 0 Å². The van der Waals surface area contributed by atoms with E-state index in [4.69, 9.17) is 0 Å². The lowest BCUT2D eigenvalue weighted by atomic mass is 10.4. The zero-order valence-corrected chi connectivity index (χ0v) is 6.34. The van der Waals surface area contributed by atoms with Gasteiger partial charge in [-0.25, -0.2) is 4.98 Å². The standard InChI is InChI=1S/C7H10FN3/c1-2-4-9-6-3-5-10-7(8)11-6/h3,5H,2,4H2,1H3,(H,9,10,11). The number of halogens is 1. The third kappa shape index (κ3) is 2.49. The minimum Gasteiger partial charge on any atom is -0.370 e. The summed E-state index contributed by atoms with van der Waals surface area (Å²) in [5.41, 5.74) is 0. The van der Waals surface area contributed by atoms with E-state index in [2.05, 4.69) is 15.3 Å². The highest BCUT2D eigenvalue weighted by Crippen LogP contribution is 1.99. The van der Waals surface area contributed by atoms with Gasteiger partial charge in [-0.15, -0.1) is 0 Å². The van der Waals surface area contributed by atoms with Crippen molar-refractivity contribution < 1.29 is 4.39 Å². The molecule has 0 unspecified atom stereocenters. The normalized spacial score (nSPS) is 9.64. The summed E-state index contributed by atoms with van der Waals surface area (Å²) in [5, 5.41) is 2.94. The molecule has 0 bridgehead atoms. The molecule has 0 aliphatic rings. The second-order valence-electron chi connectivity index (χ2n) is 2.14. The Morgan fingerprint density at radius 2 is 2.45 bits per heavy atom. The van der Waals surface area contributed by atoms with Crippen molar-refractivity contribution in [1.29, 1.82) is 0 Å². The topological polar surface area (TPSA) is 37.8 Å². The van der Waals surface area contributed by atoms with Crippen molar-refractivity contribution in [1.82, 2.24) is 9.97 Å². The molecule has 0 saturated heterocycles. The van der Waals surface area contributed by atoms with Crippen LogP contribution >= 0.6 is 0 Å². The van der Waals surface area contributed by atoms with Crippen LogP contribution in [0.25, 0.3) is 0 Å². The monoisotopic (exact) mass is 155 g/mol. The molecule has 3 nitrogen and oxygen atoms in total. The molecule has 1 rings (SSSR count). The molecule has 0 saturated carbocycles.